The summed E-state index contributed by atoms with van der Waals surface area (Å²) in [5.41, 5.74) is 1.65. The minimum absolute atomic E-state index is 0.0112. The lowest BCUT2D eigenvalue weighted by molar-refractivity contribution is -0.138. The quantitative estimate of drug-likeness (QED) is 0.853. The molecule has 2 aliphatic rings. The van der Waals surface area contributed by atoms with Crippen LogP contribution < -0.4 is 10.6 Å². The van der Waals surface area contributed by atoms with Crippen molar-refractivity contribution in [1.29, 1.82) is 0 Å². The number of nitrogens with one attached hydrogen (secondary N) is 2. The molecule has 2 aromatic carbocycles. The summed E-state index contributed by atoms with van der Waals surface area (Å²) in [4.78, 5) is 27.1. The van der Waals surface area contributed by atoms with E-state index in [4.69, 9.17) is 0 Å². The van der Waals surface area contributed by atoms with Gasteiger partial charge in [0.15, 0.2) is 0 Å². The maximum atomic E-state index is 13.7. The van der Waals surface area contributed by atoms with E-state index >= 15 is 0 Å². The summed E-state index contributed by atoms with van der Waals surface area (Å²) in [6.07, 6.45) is 0.0112. The number of amides is 2. The van der Waals surface area contributed by atoms with Crippen LogP contribution >= 0.6 is 0 Å². The van der Waals surface area contributed by atoms with Crippen LogP contribution in [-0.4, -0.2) is 36.3 Å². The Labute approximate surface area is 155 Å². The smallest absolute Gasteiger partial charge is 0.231 e. The molecular weight excluding hydrogens is 352 g/mol. The number of rotatable bonds is 2. The molecule has 0 saturated carbocycles. The molecule has 2 atom stereocenters. The lowest BCUT2D eigenvalue weighted by atomic mass is 9.88. The van der Waals surface area contributed by atoms with Crippen LogP contribution in [0.15, 0.2) is 42.5 Å². The number of carbonyl (C=O) groups excluding carboxylic acids is 2. The fourth-order valence-electron chi connectivity index (χ4n) is 3.84. The fraction of sp³-hybridized carbons (Fsp3) is 0.300. The zero-order chi connectivity index (χ0) is 19.0. The number of hydrogen-bond donors (Lipinski definition) is 2. The summed E-state index contributed by atoms with van der Waals surface area (Å²) in [7, 11) is 0. The van der Waals surface area contributed by atoms with Gasteiger partial charge in [0.2, 0.25) is 11.8 Å². The molecule has 1 saturated heterocycles. The maximum Gasteiger partial charge on any atom is 0.231 e. The maximum absolute atomic E-state index is 13.7. The summed E-state index contributed by atoms with van der Waals surface area (Å²) < 4.78 is 27.2. The van der Waals surface area contributed by atoms with E-state index in [0.717, 1.165) is 0 Å². The van der Waals surface area contributed by atoms with Crippen LogP contribution in [-0.2, 0) is 9.59 Å². The summed E-state index contributed by atoms with van der Waals surface area (Å²) >= 11 is 0. The average Bonchev–Trinajstić information content (AvgIpc) is 2.66. The minimum Gasteiger partial charge on any atom is -0.333 e. The number of piperazine rings is 1. The number of nitrogens with zero attached hydrogens (tertiary/aromatic N) is 1. The number of carbonyl (C=O) groups is 2. The third kappa shape index (κ3) is 3.42. The van der Waals surface area contributed by atoms with E-state index in [0.29, 0.717) is 36.4 Å². The van der Waals surface area contributed by atoms with Crippen molar-refractivity contribution in [3.05, 3.63) is 65.2 Å². The van der Waals surface area contributed by atoms with Crippen LogP contribution in [0.2, 0.25) is 0 Å². The third-order valence-corrected chi connectivity index (χ3v) is 5.11. The Hall–Kier alpha value is -2.80. The molecule has 5 nitrogen and oxygen atoms in total. The second-order valence-electron chi connectivity index (χ2n) is 6.84. The summed E-state index contributed by atoms with van der Waals surface area (Å²) in [5.74, 6) is -2.02. The summed E-state index contributed by atoms with van der Waals surface area (Å²) in [6.45, 7) is 1.58. The van der Waals surface area contributed by atoms with Gasteiger partial charge in [-0.2, -0.15) is 0 Å². The van der Waals surface area contributed by atoms with Crippen molar-refractivity contribution >= 4 is 17.5 Å². The zero-order valence-electron chi connectivity index (χ0n) is 14.5. The highest BCUT2D eigenvalue weighted by Gasteiger charge is 2.37. The molecule has 0 aliphatic carbocycles. The van der Waals surface area contributed by atoms with Gasteiger partial charge in [0.05, 0.1) is 12.0 Å². The Morgan fingerprint density at radius 3 is 2.74 bits per heavy atom. The third-order valence-electron chi connectivity index (χ3n) is 5.11. The molecule has 2 aromatic rings. The van der Waals surface area contributed by atoms with E-state index in [2.05, 4.69) is 10.6 Å². The van der Waals surface area contributed by atoms with Gasteiger partial charge in [-0.1, -0.05) is 18.2 Å². The van der Waals surface area contributed by atoms with Crippen LogP contribution in [0.4, 0.5) is 14.5 Å². The number of anilines is 1. The molecular formula is C20H19F2N3O2. The first-order chi connectivity index (χ1) is 13.0. The van der Waals surface area contributed by atoms with Gasteiger partial charge >= 0.3 is 0 Å². The highest BCUT2D eigenvalue weighted by molar-refractivity contribution is 6.01. The molecule has 1 fully saturated rings. The lowest BCUT2D eigenvalue weighted by Gasteiger charge is -2.39. The van der Waals surface area contributed by atoms with E-state index in [9.17, 15) is 18.4 Å². The van der Waals surface area contributed by atoms with E-state index in [1.165, 1.54) is 24.3 Å². The Morgan fingerprint density at radius 1 is 1.11 bits per heavy atom. The van der Waals surface area contributed by atoms with Crippen molar-refractivity contribution in [2.24, 2.45) is 0 Å². The molecule has 4 rings (SSSR count). The van der Waals surface area contributed by atoms with Gasteiger partial charge < -0.3 is 15.5 Å². The molecule has 0 bridgehead atoms. The number of halogens is 2. The number of fused-ring (bicyclic) bond motifs is 1. The molecule has 0 radical (unpaired) electrons. The van der Waals surface area contributed by atoms with Crippen LogP contribution in [0.25, 0.3) is 0 Å². The van der Waals surface area contributed by atoms with Crippen molar-refractivity contribution < 1.29 is 18.4 Å². The fourth-order valence-corrected chi connectivity index (χ4v) is 3.84. The molecule has 2 N–H and O–H groups in total. The van der Waals surface area contributed by atoms with E-state index in [1.807, 2.05) is 0 Å². The lowest BCUT2D eigenvalue weighted by Crippen LogP contribution is -2.50. The Balaban J connectivity index is 1.67. The summed E-state index contributed by atoms with van der Waals surface area (Å²) in [6, 6.07) is 9.94. The monoisotopic (exact) mass is 371 g/mol. The largest absolute Gasteiger partial charge is 0.333 e. The van der Waals surface area contributed by atoms with Gasteiger partial charge in [0.25, 0.3) is 0 Å². The average molecular weight is 371 g/mol. The summed E-state index contributed by atoms with van der Waals surface area (Å²) in [5, 5.41) is 5.86. The van der Waals surface area contributed by atoms with Crippen LogP contribution in [0.1, 0.15) is 29.5 Å². The van der Waals surface area contributed by atoms with Crippen LogP contribution in [0.3, 0.4) is 0 Å². The highest BCUT2D eigenvalue weighted by Crippen LogP contribution is 2.36. The van der Waals surface area contributed by atoms with Crippen LogP contribution in [0.5, 0.6) is 0 Å². The van der Waals surface area contributed by atoms with Gasteiger partial charge in [0.1, 0.15) is 11.6 Å². The standard InChI is InChI=1S/C20H19F2N3O2/c21-13-3-1-2-12(8-13)18-11-23-6-7-25(18)20(27)16-10-19(26)24-17-9-14(22)4-5-15(16)17/h1-5,8-9,16,18,23H,6-7,10-11H2,(H,24,26). The topological polar surface area (TPSA) is 61.4 Å². The molecule has 7 heteroatoms. The first kappa shape index (κ1) is 17.6. The molecule has 2 aliphatic heterocycles. The molecule has 27 heavy (non-hydrogen) atoms. The van der Waals surface area contributed by atoms with Crippen molar-refractivity contribution in [1.82, 2.24) is 10.2 Å². The van der Waals surface area contributed by atoms with Crippen molar-refractivity contribution in [2.75, 3.05) is 25.0 Å². The molecule has 0 aromatic heterocycles. The first-order valence-corrected chi connectivity index (χ1v) is 8.89. The van der Waals surface area contributed by atoms with Crippen molar-refractivity contribution in [3.63, 3.8) is 0 Å². The van der Waals surface area contributed by atoms with Gasteiger partial charge in [-0.15, -0.1) is 0 Å². The minimum atomic E-state index is -0.677. The predicted octanol–water partition coefficient (Wildman–Crippen LogP) is 2.56. The van der Waals surface area contributed by atoms with Crippen LogP contribution in [0, 0.1) is 11.6 Å². The molecule has 140 valence electrons. The Morgan fingerprint density at radius 2 is 1.93 bits per heavy atom. The van der Waals surface area contributed by atoms with Crippen molar-refractivity contribution in [3.8, 4) is 0 Å². The Bertz CT molecular complexity index is 903. The molecule has 2 unspecified atom stereocenters. The predicted molar refractivity (Wildman–Crippen MR) is 96.1 cm³/mol. The molecule has 2 heterocycles. The van der Waals surface area contributed by atoms with E-state index < -0.39 is 11.7 Å². The SMILES string of the molecule is O=C1CC(C(=O)N2CCNCC2c2cccc(F)c2)c2ccc(F)cc2N1. The van der Waals surface area contributed by atoms with Crippen molar-refractivity contribution in [2.45, 2.75) is 18.4 Å². The number of hydrogen-bond acceptors (Lipinski definition) is 3. The van der Waals surface area contributed by atoms with Gasteiger partial charge in [0, 0.05) is 31.7 Å². The Kier molecular flexibility index (Phi) is 4.61. The molecule has 0 spiro atoms. The normalized spacial score (nSPS) is 22.1. The second-order valence-corrected chi connectivity index (χ2v) is 6.84. The van der Waals surface area contributed by atoms with E-state index in [-0.39, 0.29) is 30.1 Å². The first-order valence-electron chi connectivity index (χ1n) is 8.89. The second kappa shape index (κ2) is 7.08. The zero-order valence-corrected chi connectivity index (χ0v) is 14.5. The van der Waals surface area contributed by atoms with Gasteiger partial charge in [-0.3, -0.25) is 9.59 Å². The van der Waals surface area contributed by atoms with Gasteiger partial charge in [-0.05, 0) is 35.4 Å². The molecule has 2 amide bonds. The van der Waals surface area contributed by atoms with E-state index in [1.54, 1.807) is 23.1 Å². The van der Waals surface area contributed by atoms with Gasteiger partial charge in [-0.25, -0.2) is 8.78 Å². The number of benzene rings is 2. The highest BCUT2D eigenvalue weighted by atomic mass is 19.1.